The Balaban J connectivity index is 2.51. The van der Waals surface area contributed by atoms with Gasteiger partial charge in [0.05, 0.1) is 10.2 Å². The summed E-state index contributed by atoms with van der Waals surface area (Å²) in [6.45, 7) is 3.69. The molecule has 1 atom stereocenters. The lowest BCUT2D eigenvalue weighted by Crippen LogP contribution is -2.34. The van der Waals surface area contributed by atoms with E-state index in [0.717, 1.165) is 15.7 Å². The summed E-state index contributed by atoms with van der Waals surface area (Å²) < 4.78 is 6.35. The van der Waals surface area contributed by atoms with E-state index in [1.54, 1.807) is 6.92 Å². The zero-order valence-corrected chi connectivity index (χ0v) is 9.51. The zero-order chi connectivity index (χ0) is 10.3. The second-order valence-electron chi connectivity index (χ2n) is 3.37. The van der Waals surface area contributed by atoms with Crippen LogP contribution in [0.2, 0.25) is 0 Å². The Bertz CT molecular complexity index is 403. The number of nitrogens with one attached hydrogen (secondary N) is 1. The molecule has 0 fully saturated rings. The summed E-state index contributed by atoms with van der Waals surface area (Å²) in [4.78, 5) is 11.3. The lowest BCUT2D eigenvalue weighted by molar-refractivity contribution is -0.122. The fourth-order valence-corrected chi connectivity index (χ4v) is 2.07. The summed E-state index contributed by atoms with van der Waals surface area (Å²) >= 11 is 3.40. The van der Waals surface area contributed by atoms with Gasteiger partial charge in [-0.25, -0.2) is 0 Å². The third-order valence-electron chi connectivity index (χ3n) is 2.11. The van der Waals surface area contributed by atoms with Crippen molar-refractivity contribution in [2.75, 3.05) is 5.32 Å². The van der Waals surface area contributed by atoms with Crippen LogP contribution in [0.25, 0.3) is 0 Å². The summed E-state index contributed by atoms with van der Waals surface area (Å²) in [7, 11) is 0. The molecule has 1 N–H and O–H groups in total. The third-order valence-corrected chi connectivity index (χ3v) is 2.70. The second-order valence-corrected chi connectivity index (χ2v) is 4.23. The number of rotatable bonds is 0. The molecule has 1 heterocycles. The monoisotopic (exact) mass is 255 g/mol. The minimum absolute atomic E-state index is 0.102. The number of hydrogen-bond acceptors (Lipinski definition) is 2. The maximum atomic E-state index is 11.3. The van der Waals surface area contributed by atoms with Gasteiger partial charge in [-0.15, -0.1) is 0 Å². The van der Waals surface area contributed by atoms with Crippen LogP contribution in [0.1, 0.15) is 12.5 Å². The van der Waals surface area contributed by atoms with Gasteiger partial charge < -0.3 is 10.1 Å². The Labute approximate surface area is 90.6 Å². The molecule has 14 heavy (non-hydrogen) atoms. The first-order valence-electron chi connectivity index (χ1n) is 4.35. The summed E-state index contributed by atoms with van der Waals surface area (Å²) in [6, 6.07) is 3.85. The molecule has 0 saturated heterocycles. The van der Waals surface area contributed by atoms with Gasteiger partial charge in [0.25, 0.3) is 5.91 Å². The van der Waals surface area contributed by atoms with Crippen molar-refractivity contribution in [2.24, 2.45) is 0 Å². The molecule has 3 nitrogen and oxygen atoms in total. The van der Waals surface area contributed by atoms with E-state index in [0.29, 0.717) is 5.75 Å². The van der Waals surface area contributed by atoms with Gasteiger partial charge >= 0.3 is 0 Å². The summed E-state index contributed by atoms with van der Waals surface area (Å²) in [5, 5.41) is 2.80. The fraction of sp³-hybridized carbons (Fsp3) is 0.300. The number of hydrogen-bond donors (Lipinski definition) is 1. The van der Waals surface area contributed by atoms with E-state index in [1.807, 2.05) is 19.1 Å². The lowest BCUT2D eigenvalue weighted by atomic mass is 10.1. The van der Waals surface area contributed by atoms with Crippen LogP contribution in [0.3, 0.4) is 0 Å². The molecule has 0 aliphatic carbocycles. The summed E-state index contributed by atoms with van der Waals surface area (Å²) in [5.74, 6) is 0.609. The van der Waals surface area contributed by atoms with Crippen molar-refractivity contribution in [1.82, 2.24) is 0 Å². The van der Waals surface area contributed by atoms with Crippen molar-refractivity contribution in [2.45, 2.75) is 20.0 Å². The molecule has 0 aromatic heterocycles. The molecule has 2 rings (SSSR count). The van der Waals surface area contributed by atoms with Crippen molar-refractivity contribution >= 4 is 27.5 Å². The van der Waals surface area contributed by atoms with E-state index in [-0.39, 0.29) is 5.91 Å². The van der Waals surface area contributed by atoms with Crippen molar-refractivity contribution in [3.63, 3.8) is 0 Å². The van der Waals surface area contributed by atoms with Crippen LogP contribution >= 0.6 is 15.9 Å². The van der Waals surface area contributed by atoms with Gasteiger partial charge in [0.1, 0.15) is 0 Å². The topological polar surface area (TPSA) is 38.3 Å². The first-order chi connectivity index (χ1) is 6.58. The summed E-state index contributed by atoms with van der Waals surface area (Å²) in [6.07, 6.45) is -0.429. The maximum Gasteiger partial charge on any atom is 0.265 e. The Morgan fingerprint density at radius 3 is 2.93 bits per heavy atom. The van der Waals surface area contributed by atoms with Gasteiger partial charge in [0.15, 0.2) is 11.9 Å². The van der Waals surface area contributed by atoms with Gasteiger partial charge in [-0.3, -0.25) is 4.79 Å². The molecule has 4 heteroatoms. The van der Waals surface area contributed by atoms with Crippen LogP contribution in [0, 0.1) is 6.92 Å². The Kier molecular flexibility index (Phi) is 2.23. The minimum Gasteiger partial charge on any atom is -0.478 e. The molecule has 0 spiro atoms. The number of anilines is 1. The molecule has 74 valence electrons. The first kappa shape index (κ1) is 9.52. The van der Waals surface area contributed by atoms with Crippen molar-refractivity contribution in [3.8, 4) is 5.75 Å². The van der Waals surface area contributed by atoms with Crippen molar-refractivity contribution < 1.29 is 9.53 Å². The predicted molar refractivity (Wildman–Crippen MR) is 57.6 cm³/mol. The molecular weight excluding hydrogens is 246 g/mol. The van der Waals surface area contributed by atoms with Gasteiger partial charge in [-0.2, -0.15) is 0 Å². The van der Waals surface area contributed by atoms with Crippen molar-refractivity contribution in [3.05, 3.63) is 22.2 Å². The van der Waals surface area contributed by atoms with E-state index in [2.05, 4.69) is 21.2 Å². The summed E-state index contributed by atoms with van der Waals surface area (Å²) in [5.41, 5.74) is 1.81. The first-order valence-corrected chi connectivity index (χ1v) is 5.15. The molecule has 1 unspecified atom stereocenters. The molecule has 1 aliphatic heterocycles. The van der Waals surface area contributed by atoms with E-state index in [1.165, 1.54) is 0 Å². The normalized spacial score (nSPS) is 19.6. The Morgan fingerprint density at radius 2 is 2.21 bits per heavy atom. The smallest absolute Gasteiger partial charge is 0.265 e. The third kappa shape index (κ3) is 1.50. The highest BCUT2D eigenvalue weighted by Crippen LogP contribution is 2.37. The molecule has 0 bridgehead atoms. The second kappa shape index (κ2) is 3.28. The van der Waals surface area contributed by atoms with Crippen LogP contribution in [-0.2, 0) is 4.79 Å². The highest BCUT2D eigenvalue weighted by Gasteiger charge is 2.25. The molecule has 0 saturated carbocycles. The number of amides is 1. The van der Waals surface area contributed by atoms with E-state index in [9.17, 15) is 4.79 Å². The molecular formula is C10H10BrNO2. The lowest BCUT2D eigenvalue weighted by Gasteiger charge is -2.24. The van der Waals surface area contributed by atoms with Crippen LogP contribution < -0.4 is 10.1 Å². The number of carbonyl (C=O) groups is 1. The average Bonchev–Trinajstić information content (AvgIpc) is 2.08. The van der Waals surface area contributed by atoms with Crippen molar-refractivity contribution in [1.29, 1.82) is 0 Å². The van der Waals surface area contributed by atoms with Crippen LogP contribution in [0.15, 0.2) is 16.6 Å². The number of fused-ring (bicyclic) bond motifs is 1. The van der Waals surface area contributed by atoms with E-state index < -0.39 is 6.10 Å². The van der Waals surface area contributed by atoms with E-state index in [4.69, 9.17) is 4.74 Å². The highest BCUT2D eigenvalue weighted by molar-refractivity contribution is 9.10. The molecule has 1 amide bonds. The van der Waals surface area contributed by atoms with Gasteiger partial charge in [-0.05, 0) is 47.5 Å². The van der Waals surface area contributed by atoms with Gasteiger partial charge in [0, 0.05) is 0 Å². The van der Waals surface area contributed by atoms with Gasteiger partial charge in [0.2, 0.25) is 0 Å². The molecule has 1 aromatic carbocycles. The maximum absolute atomic E-state index is 11.3. The van der Waals surface area contributed by atoms with E-state index >= 15 is 0 Å². The predicted octanol–water partition coefficient (Wildman–Crippen LogP) is 2.48. The Hall–Kier alpha value is -1.03. The number of benzene rings is 1. The SMILES string of the molecule is Cc1cc(Br)c2c(c1)NC(=O)C(C)O2. The Morgan fingerprint density at radius 1 is 1.50 bits per heavy atom. The highest BCUT2D eigenvalue weighted by atomic mass is 79.9. The standard InChI is InChI=1S/C10H10BrNO2/c1-5-3-7(11)9-8(4-5)12-10(13)6(2)14-9/h3-4,6H,1-2H3,(H,12,13). The quantitative estimate of drug-likeness (QED) is 0.774. The number of ether oxygens (including phenoxy) is 1. The largest absolute Gasteiger partial charge is 0.478 e. The van der Waals surface area contributed by atoms with Gasteiger partial charge in [-0.1, -0.05) is 0 Å². The minimum atomic E-state index is -0.429. The number of aryl methyl sites for hydroxylation is 1. The average molecular weight is 256 g/mol. The van der Waals surface area contributed by atoms with Crippen LogP contribution in [-0.4, -0.2) is 12.0 Å². The fourth-order valence-electron chi connectivity index (χ4n) is 1.41. The number of carbonyl (C=O) groups excluding carboxylic acids is 1. The molecule has 0 radical (unpaired) electrons. The zero-order valence-electron chi connectivity index (χ0n) is 7.93. The molecule has 1 aliphatic rings. The molecule has 1 aromatic rings. The van der Waals surface area contributed by atoms with Crippen LogP contribution in [0.4, 0.5) is 5.69 Å². The number of halogens is 1. The van der Waals surface area contributed by atoms with Crippen LogP contribution in [0.5, 0.6) is 5.75 Å².